The molecule has 6 rings (SSSR count). The Morgan fingerprint density at radius 3 is 2.25 bits per heavy atom. The lowest BCUT2D eigenvalue weighted by Gasteiger charge is -2.23. The number of halogens is 5. The number of carboxylic acid groups (broad SMARTS) is 1. The molecular formula is C34H27Cl2F3N6O6S. The van der Waals surface area contributed by atoms with Gasteiger partial charge in [0, 0.05) is 19.5 Å². The van der Waals surface area contributed by atoms with Gasteiger partial charge in [0.05, 0.1) is 58.1 Å². The van der Waals surface area contributed by atoms with E-state index in [0.717, 1.165) is 33.3 Å². The second-order valence-electron chi connectivity index (χ2n) is 11.7. The van der Waals surface area contributed by atoms with Crippen LogP contribution in [0.5, 0.6) is 5.75 Å². The molecule has 0 aliphatic rings. The normalized spacial score (nSPS) is 12.3. The molecule has 2 N–H and O–H groups in total. The van der Waals surface area contributed by atoms with Crippen molar-refractivity contribution < 1.29 is 36.2 Å². The van der Waals surface area contributed by atoms with Crippen molar-refractivity contribution in [3.63, 3.8) is 0 Å². The van der Waals surface area contributed by atoms with Crippen LogP contribution in [0.25, 0.3) is 27.5 Å². The molecule has 6 aromatic rings. The van der Waals surface area contributed by atoms with Crippen molar-refractivity contribution in [1.82, 2.24) is 24.6 Å². The summed E-state index contributed by atoms with van der Waals surface area (Å²) in [5.74, 6) is -2.85. The number of ether oxygens (including phenoxy) is 1. The molecule has 2 aromatic heterocycles. The van der Waals surface area contributed by atoms with E-state index in [-0.39, 0.29) is 50.9 Å². The molecule has 18 heteroatoms. The molecule has 12 nitrogen and oxygen atoms in total. The summed E-state index contributed by atoms with van der Waals surface area (Å²) in [7, 11) is -1.10. The van der Waals surface area contributed by atoms with Crippen LogP contribution in [0.1, 0.15) is 23.0 Å². The number of sulfonamides is 1. The fourth-order valence-electron chi connectivity index (χ4n) is 5.95. The Hall–Kier alpha value is -5.32. The largest absolute Gasteiger partial charge is 0.497 e. The quantitative estimate of drug-likeness (QED) is 0.160. The molecule has 1 atom stereocenters. The van der Waals surface area contributed by atoms with Crippen molar-refractivity contribution in [3.8, 4) is 11.4 Å². The van der Waals surface area contributed by atoms with Crippen molar-refractivity contribution in [2.24, 2.45) is 7.05 Å². The molecule has 270 valence electrons. The smallest absolute Gasteiger partial charge is 0.405 e. The maximum Gasteiger partial charge on any atom is 0.405 e. The van der Waals surface area contributed by atoms with Gasteiger partial charge in [0.2, 0.25) is 10.0 Å². The molecule has 1 unspecified atom stereocenters. The van der Waals surface area contributed by atoms with Crippen LogP contribution in [0.15, 0.2) is 71.5 Å². The average molecular weight is 776 g/mol. The third-order valence-corrected chi connectivity index (χ3v) is 9.90. The number of rotatable bonds is 10. The third-order valence-electron chi connectivity index (χ3n) is 8.19. The second-order valence-corrected chi connectivity index (χ2v) is 14.4. The number of hydrogen-bond donors (Lipinski definition) is 2. The van der Waals surface area contributed by atoms with Crippen molar-refractivity contribution in [2.75, 3.05) is 17.7 Å². The summed E-state index contributed by atoms with van der Waals surface area (Å²) in [5.41, 5.74) is -0.644. The summed E-state index contributed by atoms with van der Waals surface area (Å²) in [5, 5.41) is 15.7. The molecule has 0 saturated heterocycles. The highest BCUT2D eigenvalue weighted by Crippen LogP contribution is 2.38. The molecule has 0 fully saturated rings. The SMILES string of the molecule is COc1ccc(CN(c2nn(C)c3c(-n4c(C(Cc5cc(F)cc(F)c5)NC(=O)O)nc5ccc(Cl)c(F)c5c4=O)ccc(Cl)c23)S(C)(=O)=O)cc1. The number of methoxy groups -OCH3 is 1. The Kier molecular flexibility index (Phi) is 9.83. The number of hydrogen-bond acceptors (Lipinski definition) is 7. The highest BCUT2D eigenvalue weighted by Gasteiger charge is 2.30. The highest BCUT2D eigenvalue weighted by atomic mass is 35.5. The highest BCUT2D eigenvalue weighted by molar-refractivity contribution is 7.92. The van der Waals surface area contributed by atoms with E-state index in [2.05, 4.69) is 15.4 Å². The number of amides is 1. The summed E-state index contributed by atoms with van der Waals surface area (Å²) in [4.78, 5) is 31.1. The fourth-order valence-corrected chi connectivity index (χ4v) is 7.17. The molecule has 4 aromatic carbocycles. The number of aryl methyl sites for hydroxylation is 1. The second kappa shape index (κ2) is 14.0. The van der Waals surface area contributed by atoms with E-state index in [9.17, 15) is 31.9 Å². The minimum atomic E-state index is -4.04. The van der Waals surface area contributed by atoms with Crippen LogP contribution in [0.4, 0.5) is 23.8 Å². The standard InChI is InChI=1S/C34H27Cl2F3N6O6S/c1-43-30-26(11-9-22(35)27(30)32(42-43)44(52(3,49)50)16-17-4-6-21(51-2)7-5-17)45-31(40-24-10-8-23(36)29(39)28(24)33(45)46)25(41-34(47)48)14-18-12-19(37)15-20(38)13-18/h4-13,15,25,41H,14,16H2,1-3H3,(H,47,48). The molecule has 0 radical (unpaired) electrons. The van der Waals surface area contributed by atoms with E-state index in [0.29, 0.717) is 17.4 Å². The van der Waals surface area contributed by atoms with E-state index in [4.69, 9.17) is 27.9 Å². The first-order chi connectivity index (χ1) is 24.6. The molecule has 52 heavy (non-hydrogen) atoms. The van der Waals surface area contributed by atoms with Crippen LogP contribution < -0.4 is 19.9 Å². The van der Waals surface area contributed by atoms with Crippen LogP contribution in [-0.4, -0.2) is 52.3 Å². The van der Waals surface area contributed by atoms with E-state index in [1.165, 1.54) is 37.0 Å². The number of carbonyl (C=O) groups is 1. The summed E-state index contributed by atoms with van der Waals surface area (Å²) in [6, 6.07) is 12.9. The van der Waals surface area contributed by atoms with E-state index >= 15 is 4.39 Å². The first-order valence-electron chi connectivity index (χ1n) is 15.2. The van der Waals surface area contributed by atoms with Crippen LogP contribution in [-0.2, 0) is 30.0 Å². The van der Waals surface area contributed by atoms with Crippen molar-refractivity contribution in [2.45, 2.75) is 19.0 Å². The van der Waals surface area contributed by atoms with Crippen LogP contribution >= 0.6 is 23.2 Å². The van der Waals surface area contributed by atoms with E-state index in [1.807, 2.05) is 0 Å². The Morgan fingerprint density at radius 1 is 0.981 bits per heavy atom. The lowest BCUT2D eigenvalue weighted by Crippen LogP contribution is -2.35. The Labute approximate surface area is 303 Å². The minimum Gasteiger partial charge on any atom is -0.497 e. The van der Waals surface area contributed by atoms with E-state index in [1.54, 1.807) is 24.3 Å². The topological polar surface area (TPSA) is 149 Å². The lowest BCUT2D eigenvalue weighted by atomic mass is 10.0. The zero-order valence-corrected chi connectivity index (χ0v) is 29.7. The van der Waals surface area contributed by atoms with E-state index < -0.39 is 62.0 Å². The summed E-state index contributed by atoms with van der Waals surface area (Å²) < 4.78 is 79.0. The van der Waals surface area contributed by atoms with Gasteiger partial charge in [-0.2, -0.15) is 5.10 Å². The molecule has 2 heterocycles. The number of anilines is 1. The number of nitrogens with one attached hydrogen (secondary N) is 1. The maximum absolute atomic E-state index is 15.6. The number of aromatic nitrogens is 4. The molecule has 0 aliphatic heterocycles. The van der Waals surface area contributed by atoms with Crippen LogP contribution in [0, 0.1) is 17.5 Å². The molecule has 0 bridgehead atoms. The van der Waals surface area contributed by atoms with Crippen molar-refractivity contribution in [3.05, 3.63) is 122 Å². The predicted molar refractivity (Wildman–Crippen MR) is 190 cm³/mol. The van der Waals surface area contributed by atoms with Crippen molar-refractivity contribution in [1.29, 1.82) is 0 Å². The molecule has 0 saturated carbocycles. The molecule has 0 spiro atoms. The monoisotopic (exact) mass is 774 g/mol. The van der Waals surface area contributed by atoms with Gasteiger partial charge in [0.15, 0.2) is 11.6 Å². The van der Waals surface area contributed by atoms with Crippen LogP contribution in [0.3, 0.4) is 0 Å². The Morgan fingerprint density at radius 2 is 1.63 bits per heavy atom. The van der Waals surface area contributed by atoms with Crippen LogP contribution in [0.2, 0.25) is 10.0 Å². The number of nitrogens with zero attached hydrogens (tertiary/aromatic N) is 5. The Balaban J connectivity index is 1.65. The maximum atomic E-state index is 15.6. The van der Waals surface area contributed by atoms with Gasteiger partial charge in [0.1, 0.15) is 28.6 Å². The molecular weight excluding hydrogens is 748 g/mol. The summed E-state index contributed by atoms with van der Waals surface area (Å²) in [6.45, 7) is -0.184. The van der Waals surface area contributed by atoms with Gasteiger partial charge in [-0.1, -0.05) is 35.3 Å². The zero-order valence-electron chi connectivity index (χ0n) is 27.4. The average Bonchev–Trinajstić information content (AvgIpc) is 3.41. The van der Waals surface area contributed by atoms with Crippen molar-refractivity contribution >= 4 is 66.9 Å². The van der Waals surface area contributed by atoms with Gasteiger partial charge in [-0.3, -0.25) is 14.0 Å². The number of fused-ring (bicyclic) bond motifs is 2. The van der Waals surface area contributed by atoms with Gasteiger partial charge in [-0.25, -0.2) is 35.7 Å². The van der Waals surface area contributed by atoms with Gasteiger partial charge in [-0.05, 0) is 59.7 Å². The molecule has 0 aliphatic carbocycles. The third kappa shape index (κ3) is 6.96. The summed E-state index contributed by atoms with van der Waals surface area (Å²) in [6.07, 6.45) is -1.00. The molecule has 1 amide bonds. The Bertz CT molecular complexity index is 2550. The zero-order chi connectivity index (χ0) is 37.6. The summed E-state index contributed by atoms with van der Waals surface area (Å²) >= 11 is 12.8. The lowest BCUT2D eigenvalue weighted by molar-refractivity contribution is 0.189. The van der Waals surface area contributed by atoms with Gasteiger partial charge in [0.25, 0.3) is 5.56 Å². The fraction of sp³-hybridized carbons (Fsp3) is 0.176. The first-order valence-corrected chi connectivity index (χ1v) is 17.8. The van der Waals surface area contributed by atoms with Gasteiger partial charge in [-0.15, -0.1) is 0 Å². The first kappa shape index (κ1) is 36.5. The predicted octanol–water partition coefficient (Wildman–Crippen LogP) is 6.52. The van der Waals surface area contributed by atoms with Gasteiger partial charge < -0.3 is 15.2 Å². The number of benzene rings is 4. The minimum absolute atomic E-state index is 0.00540. The van der Waals surface area contributed by atoms with Gasteiger partial charge >= 0.3 is 6.09 Å².